The number of carbonyl (C=O) groups excluding carboxylic acids is 2. The van der Waals surface area contributed by atoms with Crippen LogP contribution in [0.2, 0.25) is 0 Å². The second-order valence-corrected chi connectivity index (χ2v) is 9.36. The molecule has 0 saturated carbocycles. The van der Waals surface area contributed by atoms with E-state index in [0.29, 0.717) is 42.4 Å². The molecule has 2 amide bonds. The van der Waals surface area contributed by atoms with Crippen LogP contribution < -0.4 is 10.2 Å². The van der Waals surface area contributed by atoms with Gasteiger partial charge in [0.25, 0.3) is 5.91 Å². The number of amides is 2. The van der Waals surface area contributed by atoms with E-state index in [4.69, 9.17) is 5.10 Å². The van der Waals surface area contributed by atoms with Gasteiger partial charge in [-0.3, -0.25) is 9.59 Å². The summed E-state index contributed by atoms with van der Waals surface area (Å²) in [6.07, 6.45) is 3.34. The zero-order chi connectivity index (χ0) is 24.3. The van der Waals surface area contributed by atoms with Gasteiger partial charge >= 0.3 is 0 Å². The molecule has 2 aromatic heterocycles. The van der Waals surface area contributed by atoms with E-state index in [-0.39, 0.29) is 40.6 Å². The van der Waals surface area contributed by atoms with Crippen LogP contribution >= 0.6 is 0 Å². The van der Waals surface area contributed by atoms with Crippen LogP contribution in [0.5, 0.6) is 0 Å². The van der Waals surface area contributed by atoms with Gasteiger partial charge in [-0.2, -0.15) is 10.4 Å². The molecule has 6 rings (SSSR count). The Morgan fingerprint density at radius 1 is 1.20 bits per heavy atom. The van der Waals surface area contributed by atoms with Crippen molar-refractivity contribution in [2.45, 2.75) is 19.4 Å². The summed E-state index contributed by atoms with van der Waals surface area (Å²) in [5.41, 5.74) is 1.57. The highest BCUT2D eigenvalue weighted by Crippen LogP contribution is 2.39. The number of nitrogens with zero attached hydrogens (tertiary/aromatic N) is 6. The van der Waals surface area contributed by atoms with Crippen molar-refractivity contribution in [2.24, 2.45) is 5.41 Å². The molecule has 5 heterocycles. The summed E-state index contributed by atoms with van der Waals surface area (Å²) in [5, 5.41) is 17.2. The number of anilines is 1. The number of rotatable bonds is 3. The Morgan fingerprint density at radius 2 is 2.06 bits per heavy atom. The molecule has 1 aromatic carbocycles. The first-order valence-electron chi connectivity index (χ1n) is 11.5. The summed E-state index contributed by atoms with van der Waals surface area (Å²) in [6.45, 7) is 2.29. The van der Waals surface area contributed by atoms with E-state index in [2.05, 4.69) is 15.2 Å². The maximum Gasteiger partial charge on any atom is 0.258 e. The lowest BCUT2D eigenvalue weighted by Gasteiger charge is -2.20. The van der Waals surface area contributed by atoms with Gasteiger partial charge in [0.2, 0.25) is 5.91 Å². The first-order chi connectivity index (χ1) is 16.9. The summed E-state index contributed by atoms with van der Waals surface area (Å²) in [7, 11) is 1.68. The quantitative estimate of drug-likeness (QED) is 0.628. The van der Waals surface area contributed by atoms with Gasteiger partial charge in [-0.25, -0.2) is 14.1 Å². The van der Waals surface area contributed by atoms with Crippen LogP contribution in [0.3, 0.4) is 0 Å². The maximum absolute atomic E-state index is 14.8. The van der Waals surface area contributed by atoms with E-state index < -0.39 is 5.82 Å². The number of nitriles is 1. The van der Waals surface area contributed by atoms with Gasteiger partial charge in [0.05, 0.1) is 51.8 Å². The number of aromatic nitrogens is 3. The van der Waals surface area contributed by atoms with E-state index in [1.165, 1.54) is 12.1 Å². The first-order valence-corrected chi connectivity index (χ1v) is 11.5. The fourth-order valence-electron chi connectivity index (χ4n) is 5.40. The molecule has 1 unspecified atom stereocenters. The third kappa shape index (κ3) is 3.19. The molecule has 1 atom stereocenters. The van der Waals surface area contributed by atoms with Crippen molar-refractivity contribution in [1.29, 1.82) is 5.26 Å². The lowest BCUT2D eigenvalue weighted by atomic mass is 9.86. The predicted octanol–water partition coefficient (Wildman–Crippen LogP) is 2.25. The monoisotopic (exact) mass is 471 g/mol. The molecule has 0 aliphatic carbocycles. The summed E-state index contributed by atoms with van der Waals surface area (Å²) < 4.78 is 16.4. The molecule has 3 aromatic rings. The van der Waals surface area contributed by atoms with Crippen LogP contribution in [0.4, 0.5) is 10.2 Å². The van der Waals surface area contributed by atoms with E-state index in [1.807, 2.05) is 12.1 Å². The zero-order valence-electron chi connectivity index (χ0n) is 19.1. The van der Waals surface area contributed by atoms with Crippen molar-refractivity contribution < 1.29 is 14.0 Å². The standard InChI is InChI=1S/C25H22FN7O2/c1-31-13-18-22(23(31)34)19(11-17(29-18)21-15(12-27)3-2-4-16(21)26)33-9-5-20(30-33)32-10-7-25(14-32)6-8-28-24(25)35/h2-5,9,11H,6-8,10,13-14H2,1H3,(H,28,35). The molecule has 35 heavy (non-hydrogen) atoms. The van der Waals surface area contributed by atoms with Crippen LogP contribution in [0, 0.1) is 22.6 Å². The Labute approximate surface area is 200 Å². The minimum atomic E-state index is -0.557. The number of benzene rings is 1. The molecule has 0 bridgehead atoms. The van der Waals surface area contributed by atoms with Gasteiger partial charge < -0.3 is 15.1 Å². The lowest BCUT2D eigenvalue weighted by Crippen LogP contribution is -2.34. The third-order valence-electron chi connectivity index (χ3n) is 7.28. The van der Waals surface area contributed by atoms with Crippen LogP contribution in [0.25, 0.3) is 16.9 Å². The van der Waals surface area contributed by atoms with Crippen molar-refractivity contribution in [1.82, 2.24) is 25.0 Å². The molecule has 1 spiro atoms. The maximum atomic E-state index is 14.8. The van der Waals surface area contributed by atoms with Crippen molar-refractivity contribution in [3.8, 4) is 23.0 Å². The molecule has 176 valence electrons. The van der Waals surface area contributed by atoms with Crippen molar-refractivity contribution in [3.05, 3.63) is 59.2 Å². The topological polar surface area (TPSA) is 107 Å². The number of pyridine rings is 1. The molecule has 0 radical (unpaired) electrons. The second kappa shape index (κ2) is 7.63. The number of hydrogen-bond donors (Lipinski definition) is 1. The molecule has 3 aliphatic heterocycles. The molecule has 9 nitrogen and oxygen atoms in total. The molecule has 3 aliphatic rings. The minimum Gasteiger partial charge on any atom is -0.356 e. The molecule has 1 N–H and O–H groups in total. The summed E-state index contributed by atoms with van der Waals surface area (Å²) in [6, 6.07) is 9.81. The molecule has 2 fully saturated rings. The van der Waals surface area contributed by atoms with Gasteiger partial charge in [-0.1, -0.05) is 6.07 Å². The van der Waals surface area contributed by atoms with Crippen LogP contribution in [-0.2, 0) is 11.3 Å². The van der Waals surface area contributed by atoms with Crippen LogP contribution in [0.15, 0.2) is 36.5 Å². The van der Waals surface area contributed by atoms with Gasteiger partial charge in [-0.15, -0.1) is 0 Å². The van der Waals surface area contributed by atoms with E-state index in [1.54, 1.807) is 35.0 Å². The SMILES string of the molecule is CN1Cc2nc(-c3c(F)cccc3C#N)cc(-n3ccc(N4CCC5(CCNC5=O)C4)n3)c2C1=O. The number of fused-ring (bicyclic) bond motifs is 1. The normalized spacial score (nSPS) is 21.1. The average molecular weight is 471 g/mol. The minimum absolute atomic E-state index is 0.0992. The third-order valence-corrected chi connectivity index (χ3v) is 7.28. The largest absolute Gasteiger partial charge is 0.356 e. The van der Waals surface area contributed by atoms with E-state index >= 15 is 0 Å². The number of halogens is 1. The Kier molecular flexibility index (Phi) is 4.64. The Bertz CT molecular complexity index is 1440. The van der Waals surface area contributed by atoms with Gasteiger partial charge in [0, 0.05) is 38.9 Å². The van der Waals surface area contributed by atoms with Crippen LogP contribution in [-0.4, -0.2) is 58.2 Å². The highest BCUT2D eigenvalue weighted by Gasteiger charge is 2.47. The zero-order valence-corrected chi connectivity index (χ0v) is 19.1. The average Bonchev–Trinajstić information content (AvgIpc) is 3.63. The van der Waals surface area contributed by atoms with Crippen molar-refractivity contribution in [3.63, 3.8) is 0 Å². The molecule has 10 heteroatoms. The van der Waals surface area contributed by atoms with E-state index in [9.17, 15) is 19.2 Å². The van der Waals surface area contributed by atoms with E-state index in [0.717, 1.165) is 12.8 Å². The van der Waals surface area contributed by atoms with Crippen molar-refractivity contribution in [2.75, 3.05) is 31.6 Å². The van der Waals surface area contributed by atoms with Gasteiger partial charge in [0.15, 0.2) is 5.82 Å². The molecular formula is C25H22FN7O2. The molecule has 2 saturated heterocycles. The lowest BCUT2D eigenvalue weighted by molar-refractivity contribution is -0.126. The van der Waals surface area contributed by atoms with Gasteiger partial charge in [0.1, 0.15) is 5.82 Å². The fourth-order valence-corrected chi connectivity index (χ4v) is 5.40. The highest BCUT2D eigenvalue weighted by molar-refractivity contribution is 6.01. The predicted molar refractivity (Wildman–Crippen MR) is 124 cm³/mol. The smallest absolute Gasteiger partial charge is 0.258 e. The number of hydrogen-bond acceptors (Lipinski definition) is 6. The van der Waals surface area contributed by atoms with Crippen LogP contribution in [0.1, 0.15) is 34.5 Å². The fraction of sp³-hybridized carbons (Fsp3) is 0.320. The summed E-state index contributed by atoms with van der Waals surface area (Å²) in [5.74, 6) is 0.0559. The number of nitrogens with one attached hydrogen (secondary N) is 1. The Morgan fingerprint density at radius 3 is 2.83 bits per heavy atom. The first kappa shape index (κ1) is 21.3. The van der Waals surface area contributed by atoms with Crippen molar-refractivity contribution >= 4 is 17.6 Å². The second-order valence-electron chi connectivity index (χ2n) is 9.36. The highest BCUT2D eigenvalue weighted by atomic mass is 19.1. The molecular weight excluding hydrogens is 449 g/mol. The number of carbonyl (C=O) groups is 2. The summed E-state index contributed by atoms with van der Waals surface area (Å²) in [4.78, 5) is 33.5. The summed E-state index contributed by atoms with van der Waals surface area (Å²) >= 11 is 0. The Hall–Kier alpha value is -4.26. The van der Waals surface area contributed by atoms with Gasteiger partial charge in [-0.05, 0) is 31.0 Å². The Balaban J connectivity index is 1.43.